The van der Waals surface area contributed by atoms with Crippen molar-refractivity contribution in [3.05, 3.63) is 54.6 Å². The molecule has 1 aliphatic rings. The number of rotatable bonds is 6. The first kappa shape index (κ1) is 19.4. The monoisotopic (exact) mass is 386 g/mol. The summed E-state index contributed by atoms with van der Waals surface area (Å²) in [6.45, 7) is 0. The van der Waals surface area contributed by atoms with E-state index in [1.54, 1.807) is 42.5 Å². The summed E-state index contributed by atoms with van der Waals surface area (Å²) in [6, 6.07) is 15.4. The van der Waals surface area contributed by atoms with E-state index in [-0.39, 0.29) is 10.8 Å². The van der Waals surface area contributed by atoms with Gasteiger partial charge in [0.15, 0.2) is 0 Å². The van der Waals surface area contributed by atoms with Crippen LogP contribution in [0.2, 0.25) is 0 Å². The van der Waals surface area contributed by atoms with Crippen LogP contribution in [0.3, 0.4) is 0 Å². The van der Waals surface area contributed by atoms with Crippen LogP contribution in [-0.2, 0) is 14.8 Å². The first-order valence-electron chi connectivity index (χ1n) is 9.41. The van der Waals surface area contributed by atoms with E-state index in [2.05, 4.69) is 5.32 Å². The first-order valence-corrected chi connectivity index (χ1v) is 10.8. The van der Waals surface area contributed by atoms with Crippen molar-refractivity contribution >= 4 is 27.3 Å². The summed E-state index contributed by atoms with van der Waals surface area (Å²) < 4.78 is 27.0. The number of para-hydroxylation sites is 1. The lowest BCUT2D eigenvalue weighted by atomic mass is 9.87. The summed E-state index contributed by atoms with van der Waals surface area (Å²) in [5, 5.41) is 2.86. The molecule has 0 aliphatic heterocycles. The molecule has 0 heterocycles. The van der Waals surface area contributed by atoms with Crippen molar-refractivity contribution in [3.8, 4) is 0 Å². The number of nitrogens with zero attached hydrogens (tertiary/aromatic N) is 1. The number of hydrogen-bond donors (Lipinski definition) is 1. The summed E-state index contributed by atoms with van der Waals surface area (Å²) in [7, 11) is -2.17. The quantitative estimate of drug-likeness (QED) is 0.799. The molecule has 1 amide bonds. The van der Waals surface area contributed by atoms with Gasteiger partial charge < -0.3 is 5.32 Å². The molecule has 0 saturated heterocycles. The third-order valence-electron chi connectivity index (χ3n) is 5.09. The predicted molar refractivity (Wildman–Crippen MR) is 108 cm³/mol. The van der Waals surface area contributed by atoms with Crippen molar-refractivity contribution in [3.63, 3.8) is 0 Å². The highest BCUT2D eigenvalue weighted by molar-refractivity contribution is 7.92. The van der Waals surface area contributed by atoms with Crippen LogP contribution in [0.4, 0.5) is 11.4 Å². The summed E-state index contributed by atoms with van der Waals surface area (Å²) in [6.07, 6.45) is 6.34. The summed E-state index contributed by atoms with van der Waals surface area (Å²) in [5.74, 6) is 0.391. The Morgan fingerprint density at radius 1 is 1.04 bits per heavy atom. The summed E-state index contributed by atoms with van der Waals surface area (Å²) in [4.78, 5) is 12.5. The van der Waals surface area contributed by atoms with Gasteiger partial charge >= 0.3 is 0 Å². The van der Waals surface area contributed by atoms with Crippen LogP contribution in [0.25, 0.3) is 0 Å². The van der Waals surface area contributed by atoms with E-state index >= 15 is 0 Å². The lowest BCUT2D eigenvalue weighted by Crippen LogP contribution is -2.26. The van der Waals surface area contributed by atoms with Gasteiger partial charge in [-0.2, -0.15) is 0 Å². The topological polar surface area (TPSA) is 66.5 Å². The molecule has 1 saturated carbocycles. The van der Waals surface area contributed by atoms with Crippen LogP contribution in [0, 0.1) is 5.92 Å². The third kappa shape index (κ3) is 4.89. The van der Waals surface area contributed by atoms with Crippen LogP contribution in [0.1, 0.15) is 38.5 Å². The maximum atomic E-state index is 12.9. The molecule has 27 heavy (non-hydrogen) atoms. The Balaban J connectivity index is 1.71. The van der Waals surface area contributed by atoms with E-state index < -0.39 is 10.0 Å². The lowest BCUT2D eigenvalue weighted by Gasteiger charge is -2.21. The Morgan fingerprint density at radius 2 is 1.74 bits per heavy atom. The number of benzene rings is 2. The van der Waals surface area contributed by atoms with Gasteiger partial charge in [-0.15, -0.1) is 0 Å². The van der Waals surface area contributed by atoms with E-state index in [4.69, 9.17) is 0 Å². The van der Waals surface area contributed by atoms with E-state index in [0.29, 0.717) is 23.7 Å². The third-order valence-corrected chi connectivity index (χ3v) is 6.88. The highest BCUT2D eigenvalue weighted by Gasteiger charge is 2.22. The zero-order valence-electron chi connectivity index (χ0n) is 15.6. The minimum atomic E-state index is -3.70. The Morgan fingerprint density at radius 3 is 2.44 bits per heavy atom. The molecule has 0 unspecified atom stereocenters. The number of nitrogens with one attached hydrogen (secondary N) is 1. The zero-order valence-corrected chi connectivity index (χ0v) is 16.4. The minimum absolute atomic E-state index is 0.0483. The second kappa shape index (κ2) is 8.57. The van der Waals surface area contributed by atoms with Gasteiger partial charge in [0.1, 0.15) is 0 Å². The highest BCUT2D eigenvalue weighted by Crippen LogP contribution is 2.27. The van der Waals surface area contributed by atoms with E-state index in [9.17, 15) is 13.2 Å². The number of hydrogen-bond acceptors (Lipinski definition) is 3. The molecule has 2 aromatic rings. The maximum Gasteiger partial charge on any atom is 0.264 e. The Labute approximate surface area is 161 Å². The van der Waals surface area contributed by atoms with Gasteiger partial charge in [0, 0.05) is 19.2 Å². The molecular weight excluding hydrogens is 360 g/mol. The largest absolute Gasteiger partial charge is 0.326 e. The molecule has 0 spiro atoms. The van der Waals surface area contributed by atoms with Gasteiger partial charge in [-0.3, -0.25) is 9.10 Å². The van der Waals surface area contributed by atoms with Crippen LogP contribution < -0.4 is 9.62 Å². The van der Waals surface area contributed by atoms with Gasteiger partial charge in [0.2, 0.25) is 5.91 Å². The van der Waals surface area contributed by atoms with E-state index in [1.165, 1.54) is 36.7 Å². The standard InChI is InChI=1S/C21H26N2O3S/c1-23(19-12-6-3-7-13-19)27(25,26)20-14-8-11-18(16-20)22-21(24)15-17-9-4-2-5-10-17/h3,6-8,11-14,16-17H,2,4-5,9-10,15H2,1H3,(H,22,24). The molecule has 5 nitrogen and oxygen atoms in total. The predicted octanol–water partition coefficient (Wildman–Crippen LogP) is 4.42. The normalized spacial score (nSPS) is 15.3. The van der Waals surface area contributed by atoms with Gasteiger partial charge in [-0.25, -0.2) is 8.42 Å². The minimum Gasteiger partial charge on any atom is -0.326 e. The first-order chi connectivity index (χ1) is 13.0. The van der Waals surface area contributed by atoms with Crippen molar-refractivity contribution in [1.29, 1.82) is 0 Å². The molecule has 3 rings (SSSR count). The zero-order chi connectivity index (χ0) is 19.3. The SMILES string of the molecule is CN(c1ccccc1)S(=O)(=O)c1cccc(NC(=O)CC2CCCCC2)c1. The number of anilines is 2. The molecule has 6 heteroatoms. The molecule has 0 bridgehead atoms. The fraction of sp³-hybridized carbons (Fsp3) is 0.381. The van der Waals surface area contributed by atoms with Gasteiger partial charge in [-0.1, -0.05) is 43.5 Å². The van der Waals surface area contributed by atoms with Crippen molar-refractivity contribution < 1.29 is 13.2 Å². The molecule has 0 radical (unpaired) electrons. The Kier molecular flexibility index (Phi) is 6.16. The maximum absolute atomic E-state index is 12.9. The van der Waals surface area contributed by atoms with Gasteiger partial charge in [-0.05, 0) is 49.1 Å². The Bertz CT molecular complexity index is 875. The second-order valence-electron chi connectivity index (χ2n) is 7.09. The van der Waals surface area contributed by atoms with Crippen molar-refractivity contribution in [2.75, 3.05) is 16.7 Å². The number of amides is 1. The van der Waals surface area contributed by atoms with Gasteiger partial charge in [0.05, 0.1) is 10.6 Å². The van der Waals surface area contributed by atoms with Crippen molar-refractivity contribution in [2.45, 2.75) is 43.4 Å². The van der Waals surface area contributed by atoms with Crippen LogP contribution in [0.15, 0.2) is 59.5 Å². The average Bonchev–Trinajstić information content (AvgIpc) is 2.69. The second-order valence-corrected chi connectivity index (χ2v) is 9.06. The molecule has 1 fully saturated rings. The van der Waals surface area contributed by atoms with E-state index in [0.717, 1.165) is 12.8 Å². The summed E-state index contributed by atoms with van der Waals surface area (Å²) >= 11 is 0. The summed E-state index contributed by atoms with van der Waals surface area (Å²) in [5.41, 5.74) is 1.10. The smallest absolute Gasteiger partial charge is 0.264 e. The number of carbonyl (C=O) groups excluding carboxylic acids is 1. The van der Waals surface area contributed by atoms with Crippen molar-refractivity contribution in [2.24, 2.45) is 5.92 Å². The average molecular weight is 387 g/mol. The molecular formula is C21H26N2O3S. The van der Waals surface area contributed by atoms with Crippen molar-refractivity contribution in [1.82, 2.24) is 0 Å². The van der Waals surface area contributed by atoms with Crippen LogP contribution >= 0.6 is 0 Å². The number of sulfonamides is 1. The van der Waals surface area contributed by atoms with E-state index in [1.807, 2.05) is 6.07 Å². The molecule has 1 N–H and O–H groups in total. The Hall–Kier alpha value is -2.34. The van der Waals surface area contributed by atoms with Crippen LogP contribution in [-0.4, -0.2) is 21.4 Å². The number of carbonyl (C=O) groups is 1. The fourth-order valence-electron chi connectivity index (χ4n) is 3.53. The van der Waals surface area contributed by atoms with Gasteiger partial charge in [0.25, 0.3) is 10.0 Å². The lowest BCUT2D eigenvalue weighted by molar-refractivity contribution is -0.117. The molecule has 2 aromatic carbocycles. The molecule has 144 valence electrons. The van der Waals surface area contributed by atoms with Crippen LogP contribution in [0.5, 0.6) is 0 Å². The molecule has 0 atom stereocenters. The molecule has 1 aliphatic carbocycles. The fourth-order valence-corrected chi connectivity index (χ4v) is 4.78. The highest BCUT2D eigenvalue weighted by atomic mass is 32.2. The molecule has 0 aromatic heterocycles.